The van der Waals surface area contributed by atoms with Gasteiger partial charge in [-0.2, -0.15) is 0 Å². The van der Waals surface area contributed by atoms with Gasteiger partial charge in [-0.15, -0.1) is 0 Å². The molecule has 1 heteroatoms. The first kappa shape index (κ1) is 5.46. The maximum atomic E-state index is 5.01. The molecule has 0 aromatic rings. The van der Waals surface area contributed by atoms with Gasteiger partial charge in [-0.05, 0) is 25.3 Å². The van der Waals surface area contributed by atoms with Gasteiger partial charge in [0.2, 0.25) is 0 Å². The number of allylic oxidation sites excluding steroid dienone is 1. The quantitative estimate of drug-likeness (QED) is 0.432. The van der Waals surface area contributed by atoms with Crippen LogP contribution in [0.5, 0.6) is 0 Å². The van der Waals surface area contributed by atoms with Gasteiger partial charge in [0, 0.05) is 0 Å². The Labute approximate surface area is 49.7 Å². The third-order valence-electron chi connectivity index (χ3n) is 1.20. The average Bonchev–Trinajstić information content (AvgIpc) is 1.94. The summed E-state index contributed by atoms with van der Waals surface area (Å²) < 4.78 is 5.01. The molecule has 1 nitrogen and oxygen atoms in total. The van der Waals surface area contributed by atoms with E-state index >= 15 is 0 Å². The summed E-state index contributed by atoms with van der Waals surface area (Å²) in [6.45, 7) is 2.93. The molecule has 0 aromatic carbocycles. The molecule has 0 N–H and O–H groups in total. The van der Waals surface area contributed by atoms with Crippen molar-refractivity contribution in [3.63, 3.8) is 0 Å². The molecule has 0 radical (unpaired) electrons. The van der Waals surface area contributed by atoms with Gasteiger partial charge in [-0.3, -0.25) is 0 Å². The van der Waals surface area contributed by atoms with Crippen LogP contribution in [0.4, 0.5) is 0 Å². The second-order valence-corrected chi connectivity index (χ2v) is 2.02. The zero-order valence-electron chi connectivity index (χ0n) is 5.11. The van der Waals surface area contributed by atoms with Crippen LogP contribution in [-0.4, -0.2) is 6.61 Å². The molecule has 1 aliphatic heterocycles. The van der Waals surface area contributed by atoms with E-state index in [0.717, 1.165) is 19.4 Å². The SMILES string of the molecule is CC1=C=COCCC1. The summed E-state index contributed by atoms with van der Waals surface area (Å²) in [4.78, 5) is 0. The highest BCUT2D eigenvalue weighted by molar-refractivity contribution is 4.96. The highest BCUT2D eigenvalue weighted by Crippen LogP contribution is 2.04. The molecule has 0 saturated heterocycles. The van der Waals surface area contributed by atoms with Crippen molar-refractivity contribution >= 4 is 0 Å². The summed E-state index contributed by atoms with van der Waals surface area (Å²) in [7, 11) is 0. The van der Waals surface area contributed by atoms with E-state index in [9.17, 15) is 0 Å². The van der Waals surface area contributed by atoms with Crippen LogP contribution in [-0.2, 0) is 4.74 Å². The molecule has 0 aromatic heterocycles. The first-order valence-corrected chi connectivity index (χ1v) is 2.92. The first-order valence-electron chi connectivity index (χ1n) is 2.92. The lowest BCUT2D eigenvalue weighted by molar-refractivity contribution is 0.249. The molecular formula is C7H10O. The minimum atomic E-state index is 0.852. The van der Waals surface area contributed by atoms with Gasteiger partial charge in [-0.25, -0.2) is 0 Å². The summed E-state index contributed by atoms with van der Waals surface area (Å²) in [5.74, 6) is 0. The maximum absolute atomic E-state index is 5.01. The molecule has 0 aliphatic carbocycles. The Morgan fingerprint density at radius 1 is 1.75 bits per heavy atom. The van der Waals surface area contributed by atoms with Crippen LogP contribution in [0.3, 0.4) is 0 Å². The number of hydrogen-bond acceptors (Lipinski definition) is 1. The third kappa shape index (κ3) is 1.43. The fourth-order valence-corrected chi connectivity index (χ4v) is 0.694. The van der Waals surface area contributed by atoms with E-state index in [1.807, 2.05) is 0 Å². The van der Waals surface area contributed by atoms with E-state index in [4.69, 9.17) is 4.74 Å². The molecule has 1 aliphatic rings. The monoisotopic (exact) mass is 110 g/mol. The van der Waals surface area contributed by atoms with Crippen LogP contribution in [0, 0.1) is 0 Å². The summed E-state index contributed by atoms with van der Waals surface area (Å²) in [6.07, 6.45) is 3.92. The smallest absolute Gasteiger partial charge is 0.125 e. The van der Waals surface area contributed by atoms with Gasteiger partial charge < -0.3 is 4.74 Å². The molecule has 0 fully saturated rings. The second-order valence-electron chi connectivity index (χ2n) is 2.02. The molecular weight excluding hydrogens is 100 g/mol. The van der Waals surface area contributed by atoms with Crippen LogP contribution in [0.2, 0.25) is 0 Å². The Kier molecular flexibility index (Phi) is 1.76. The molecule has 8 heavy (non-hydrogen) atoms. The first-order chi connectivity index (χ1) is 3.89. The topological polar surface area (TPSA) is 9.23 Å². The average molecular weight is 110 g/mol. The van der Waals surface area contributed by atoms with Crippen molar-refractivity contribution in [1.29, 1.82) is 0 Å². The zero-order chi connectivity index (χ0) is 5.82. The van der Waals surface area contributed by atoms with Crippen LogP contribution in [0.25, 0.3) is 0 Å². The van der Waals surface area contributed by atoms with E-state index < -0.39 is 0 Å². The Hall–Kier alpha value is -0.680. The minimum absolute atomic E-state index is 0.852. The largest absolute Gasteiger partial charge is 0.493 e. The lowest BCUT2D eigenvalue weighted by Gasteiger charge is -1.92. The molecule has 44 valence electrons. The van der Waals surface area contributed by atoms with Crippen LogP contribution < -0.4 is 0 Å². The predicted molar refractivity (Wildman–Crippen MR) is 32.5 cm³/mol. The van der Waals surface area contributed by atoms with Crippen LogP contribution >= 0.6 is 0 Å². The van der Waals surface area contributed by atoms with Crippen molar-refractivity contribution in [3.8, 4) is 0 Å². The number of ether oxygens (including phenoxy) is 1. The molecule has 0 atom stereocenters. The van der Waals surface area contributed by atoms with Gasteiger partial charge in [0.15, 0.2) is 0 Å². The molecule has 1 rings (SSSR count). The van der Waals surface area contributed by atoms with Gasteiger partial charge in [-0.1, -0.05) is 5.73 Å². The third-order valence-corrected chi connectivity index (χ3v) is 1.20. The number of rotatable bonds is 0. The summed E-state index contributed by atoms with van der Waals surface area (Å²) in [5.41, 5.74) is 4.31. The maximum Gasteiger partial charge on any atom is 0.125 e. The van der Waals surface area contributed by atoms with Crippen molar-refractivity contribution in [1.82, 2.24) is 0 Å². The predicted octanol–water partition coefficient (Wildman–Crippen LogP) is 1.86. The van der Waals surface area contributed by atoms with E-state index in [0.29, 0.717) is 0 Å². The standard InChI is InChI=1S/C7H10O/c1-7-3-2-5-8-6-4-7/h6H,2-3,5H2,1H3. The van der Waals surface area contributed by atoms with E-state index in [-0.39, 0.29) is 0 Å². The normalized spacial score (nSPS) is 18.9. The zero-order valence-corrected chi connectivity index (χ0v) is 5.11. The van der Waals surface area contributed by atoms with Gasteiger partial charge in [0.05, 0.1) is 6.61 Å². The molecule has 0 bridgehead atoms. The highest BCUT2D eigenvalue weighted by Gasteiger charge is 1.91. The highest BCUT2D eigenvalue weighted by atomic mass is 16.5. The second kappa shape index (κ2) is 2.58. The van der Waals surface area contributed by atoms with E-state index in [1.165, 1.54) is 5.57 Å². The molecule has 0 spiro atoms. The van der Waals surface area contributed by atoms with Crippen LogP contribution in [0.15, 0.2) is 17.6 Å². The lowest BCUT2D eigenvalue weighted by Crippen LogP contribution is -1.83. The fraction of sp³-hybridized carbons (Fsp3) is 0.571. The Balaban J connectivity index is 2.56. The summed E-state index contributed by atoms with van der Waals surface area (Å²) in [6, 6.07) is 0. The molecule has 1 heterocycles. The van der Waals surface area contributed by atoms with Gasteiger partial charge in [0.25, 0.3) is 0 Å². The Morgan fingerprint density at radius 2 is 2.62 bits per heavy atom. The van der Waals surface area contributed by atoms with Gasteiger partial charge >= 0.3 is 0 Å². The van der Waals surface area contributed by atoms with Crippen molar-refractivity contribution in [3.05, 3.63) is 17.6 Å². The summed E-state index contributed by atoms with van der Waals surface area (Å²) in [5, 5.41) is 0. The van der Waals surface area contributed by atoms with Crippen molar-refractivity contribution in [2.45, 2.75) is 19.8 Å². The van der Waals surface area contributed by atoms with Gasteiger partial charge in [0.1, 0.15) is 6.26 Å². The van der Waals surface area contributed by atoms with Crippen molar-refractivity contribution in [2.24, 2.45) is 0 Å². The summed E-state index contributed by atoms with van der Waals surface area (Å²) >= 11 is 0. The molecule has 0 saturated carbocycles. The van der Waals surface area contributed by atoms with Crippen molar-refractivity contribution < 1.29 is 4.74 Å². The lowest BCUT2D eigenvalue weighted by atomic mass is 10.2. The van der Waals surface area contributed by atoms with Crippen molar-refractivity contribution in [2.75, 3.05) is 6.61 Å². The van der Waals surface area contributed by atoms with Crippen LogP contribution in [0.1, 0.15) is 19.8 Å². The minimum Gasteiger partial charge on any atom is -0.493 e. The number of hydrogen-bond donors (Lipinski definition) is 0. The Morgan fingerprint density at radius 3 is 3.50 bits per heavy atom. The Bertz CT molecular complexity index is 129. The molecule has 0 unspecified atom stereocenters. The fourth-order valence-electron chi connectivity index (χ4n) is 0.694. The van der Waals surface area contributed by atoms with E-state index in [1.54, 1.807) is 6.26 Å². The molecule has 0 amide bonds. The van der Waals surface area contributed by atoms with E-state index in [2.05, 4.69) is 12.7 Å².